The number of urea groups is 1. The molecule has 3 aromatic carbocycles. The Morgan fingerprint density at radius 3 is 2.40 bits per heavy atom. The summed E-state index contributed by atoms with van der Waals surface area (Å²) in [4.78, 5) is 16.6. The molecule has 30 heavy (non-hydrogen) atoms. The molecule has 0 spiro atoms. The lowest BCUT2D eigenvalue weighted by Gasteiger charge is -2.14. The highest BCUT2D eigenvalue weighted by atomic mass is 16.5. The van der Waals surface area contributed by atoms with Crippen molar-refractivity contribution in [2.24, 2.45) is 0 Å². The number of aromatic nitrogens is 1. The zero-order chi connectivity index (χ0) is 20.9. The van der Waals surface area contributed by atoms with E-state index in [0.717, 1.165) is 16.3 Å². The number of carbonyl (C=O) groups is 1. The number of pyridine rings is 1. The summed E-state index contributed by atoms with van der Waals surface area (Å²) in [6, 6.07) is 20.4. The Kier molecular flexibility index (Phi) is 5.48. The fourth-order valence-electron chi connectivity index (χ4n) is 3.15. The Bertz CT molecular complexity index is 1190. The van der Waals surface area contributed by atoms with Gasteiger partial charge in [0.25, 0.3) is 0 Å². The maximum Gasteiger partial charge on any atom is 0.323 e. The van der Waals surface area contributed by atoms with Crippen LogP contribution in [0.1, 0.15) is 5.56 Å². The first-order chi connectivity index (χ1) is 14.6. The number of aryl methyl sites for hydroxylation is 1. The predicted molar refractivity (Wildman–Crippen MR) is 119 cm³/mol. The van der Waals surface area contributed by atoms with Crippen molar-refractivity contribution in [1.82, 2.24) is 4.98 Å². The van der Waals surface area contributed by atoms with E-state index in [4.69, 9.17) is 9.47 Å². The molecule has 150 valence electrons. The van der Waals surface area contributed by atoms with E-state index in [1.807, 2.05) is 67.6 Å². The number of benzene rings is 3. The van der Waals surface area contributed by atoms with Crippen molar-refractivity contribution in [3.8, 4) is 17.2 Å². The summed E-state index contributed by atoms with van der Waals surface area (Å²) in [5.41, 5.74) is 2.14. The minimum absolute atomic E-state index is 0.357. The summed E-state index contributed by atoms with van der Waals surface area (Å²) in [5.74, 6) is 1.95. The molecule has 2 amide bonds. The number of carbonyl (C=O) groups excluding carboxylic acids is 1. The van der Waals surface area contributed by atoms with Gasteiger partial charge in [-0.2, -0.15) is 0 Å². The van der Waals surface area contributed by atoms with Crippen molar-refractivity contribution >= 4 is 28.2 Å². The number of anilines is 2. The number of methoxy groups -OCH3 is 1. The Hall–Kier alpha value is -4.06. The van der Waals surface area contributed by atoms with Gasteiger partial charge in [-0.1, -0.05) is 24.3 Å². The van der Waals surface area contributed by atoms with Crippen LogP contribution < -0.4 is 20.1 Å². The smallest absolute Gasteiger partial charge is 0.323 e. The average molecular weight is 399 g/mol. The van der Waals surface area contributed by atoms with E-state index in [1.165, 1.54) is 0 Å². The number of nitrogens with one attached hydrogen (secondary N) is 2. The van der Waals surface area contributed by atoms with Gasteiger partial charge in [0.2, 0.25) is 0 Å². The van der Waals surface area contributed by atoms with Crippen molar-refractivity contribution in [2.75, 3.05) is 17.7 Å². The van der Waals surface area contributed by atoms with Gasteiger partial charge in [0.1, 0.15) is 17.2 Å². The summed E-state index contributed by atoms with van der Waals surface area (Å²) in [5, 5.41) is 7.77. The third-order valence-corrected chi connectivity index (χ3v) is 4.61. The van der Waals surface area contributed by atoms with E-state index in [2.05, 4.69) is 15.6 Å². The summed E-state index contributed by atoms with van der Waals surface area (Å²) >= 11 is 0. The van der Waals surface area contributed by atoms with Gasteiger partial charge in [0.15, 0.2) is 0 Å². The quantitative estimate of drug-likeness (QED) is 0.432. The van der Waals surface area contributed by atoms with Crippen LogP contribution in [-0.2, 0) is 0 Å². The second-order valence-electron chi connectivity index (χ2n) is 6.75. The summed E-state index contributed by atoms with van der Waals surface area (Å²) in [6.07, 6.45) is 3.34. The summed E-state index contributed by atoms with van der Waals surface area (Å²) in [6.45, 7) is 1.92. The molecule has 0 aliphatic rings. The van der Waals surface area contributed by atoms with E-state index >= 15 is 0 Å². The van der Waals surface area contributed by atoms with Gasteiger partial charge in [-0.05, 0) is 65.7 Å². The topological polar surface area (TPSA) is 72.5 Å². The van der Waals surface area contributed by atoms with Crippen molar-refractivity contribution in [3.63, 3.8) is 0 Å². The molecule has 0 fully saturated rings. The molecule has 0 saturated carbocycles. The number of fused-ring (bicyclic) bond motifs is 1. The second-order valence-corrected chi connectivity index (χ2v) is 6.75. The lowest BCUT2D eigenvalue weighted by Crippen LogP contribution is -2.19. The number of ether oxygens (including phenoxy) is 2. The number of hydrogen-bond acceptors (Lipinski definition) is 4. The number of nitrogens with zero attached hydrogens (tertiary/aromatic N) is 1. The maximum atomic E-state index is 12.6. The molecular formula is C24H21N3O3. The first kappa shape index (κ1) is 19.3. The van der Waals surface area contributed by atoms with Crippen LogP contribution in [0.3, 0.4) is 0 Å². The molecule has 6 heteroatoms. The van der Waals surface area contributed by atoms with Gasteiger partial charge >= 0.3 is 6.03 Å². The molecule has 6 nitrogen and oxygen atoms in total. The van der Waals surface area contributed by atoms with Crippen LogP contribution in [0.5, 0.6) is 17.2 Å². The SMILES string of the molecule is COc1cc2ccccc2cc1NC(=O)Nc1ccc(Oc2cccnc2)c(C)c1. The zero-order valence-electron chi connectivity index (χ0n) is 16.7. The minimum atomic E-state index is -0.357. The molecule has 0 bridgehead atoms. The molecule has 1 heterocycles. The van der Waals surface area contributed by atoms with Crippen molar-refractivity contribution < 1.29 is 14.3 Å². The molecular weight excluding hydrogens is 378 g/mol. The molecule has 0 radical (unpaired) electrons. The monoisotopic (exact) mass is 399 g/mol. The molecule has 4 aromatic rings. The molecule has 0 aliphatic carbocycles. The fraction of sp³-hybridized carbons (Fsp3) is 0.0833. The Morgan fingerprint density at radius 2 is 1.70 bits per heavy atom. The highest BCUT2D eigenvalue weighted by Gasteiger charge is 2.11. The third-order valence-electron chi connectivity index (χ3n) is 4.61. The fourth-order valence-corrected chi connectivity index (χ4v) is 3.15. The van der Waals surface area contributed by atoms with E-state index in [-0.39, 0.29) is 6.03 Å². The normalized spacial score (nSPS) is 10.5. The molecule has 0 unspecified atom stereocenters. The van der Waals surface area contributed by atoms with Crippen molar-refractivity contribution in [1.29, 1.82) is 0 Å². The van der Waals surface area contributed by atoms with E-state index in [1.54, 1.807) is 25.6 Å². The lowest BCUT2D eigenvalue weighted by atomic mass is 10.1. The number of hydrogen-bond donors (Lipinski definition) is 2. The van der Waals surface area contributed by atoms with Gasteiger partial charge in [0, 0.05) is 11.9 Å². The van der Waals surface area contributed by atoms with Crippen molar-refractivity contribution in [3.05, 3.63) is 84.7 Å². The first-order valence-corrected chi connectivity index (χ1v) is 9.46. The highest BCUT2D eigenvalue weighted by Crippen LogP contribution is 2.31. The predicted octanol–water partition coefficient (Wildman–Crippen LogP) is 5.99. The number of rotatable bonds is 5. The van der Waals surface area contributed by atoms with Gasteiger partial charge in [0.05, 0.1) is 19.0 Å². The standard InChI is InChI=1S/C24H21N3O3/c1-16-12-19(9-10-22(16)30-20-8-5-11-25-15-20)26-24(28)27-21-13-17-6-3-4-7-18(17)14-23(21)29-2/h3-15H,1-2H3,(H2,26,27,28). The van der Waals surface area contributed by atoms with Gasteiger partial charge < -0.3 is 20.1 Å². The van der Waals surface area contributed by atoms with E-state index in [0.29, 0.717) is 28.6 Å². The van der Waals surface area contributed by atoms with Crippen LogP contribution in [0.25, 0.3) is 10.8 Å². The van der Waals surface area contributed by atoms with Crippen LogP contribution in [0.15, 0.2) is 79.1 Å². The Labute approximate surface area is 174 Å². The molecule has 4 rings (SSSR count). The van der Waals surface area contributed by atoms with Gasteiger partial charge in [-0.15, -0.1) is 0 Å². The van der Waals surface area contributed by atoms with Crippen LogP contribution in [0, 0.1) is 6.92 Å². The van der Waals surface area contributed by atoms with E-state index < -0.39 is 0 Å². The minimum Gasteiger partial charge on any atom is -0.495 e. The maximum absolute atomic E-state index is 12.6. The Morgan fingerprint density at radius 1 is 0.900 bits per heavy atom. The summed E-state index contributed by atoms with van der Waals surface area (Å²) in [7, 11) is 1.58. The largest absolute Gasteiger partial charge is 0.495 e. The molecule has 0 aliphatic heterocycles. The van der Waals surface area contributed by atoms with Crippen LogP contribution in [0.2, 0.25) is 0 Å². The molecule has 0 saturated heterocycles. The van der Waals surface area contributed by atoms with Gasteiger partial charge in [-0.25, -0.2) is 4.79 Å². The zero-order valence-corrected chi connectivity index (χ0v) is 16.7. The van der Waals surface area contributed by atoms with E-state index in [9.17, 15) is 4.79 Å². The lowest BCUT2D eigenvalue weighted by molar-refractivity contribution is 0.262. The third kappa shape index (κ3) is 4.33. The van der Waals surface area contributed by atoms with Crippen LogP contribution in [-0.4, -0.2) is 18.1 Å². The average Bonchev–Trinajstić information content (AvgIpc) is 2.76. The number of amides is 2. The molecule has 0 atom stereocenters. The Balaban J connectivity index is 1.48. The van der Waals surface area contributed by atoms with Crippen LogP contribution >= 0.6 is 0 Å². The van der Waals surface area contributed by atoms with Gasteiger partial charge in [-0.3, -0.25) is 4.98 Å². The van der Waals surface area contributed by atoms with Crippen molar-refractivity contribution in [2.45, 2.75) is 6.92 Å². The molecule has 1 aromatic heterocycles. The van der Waals surface area contributed by atoms with Crippen LogP contribution in [0.4, 0.5) is 16.2 Å². The molecule has 2 N–H and O–H groups in total. The highest BCUT2D eigenvalue weighted by molar-refractivity contribution is 6.02. The first-order valence-electron chi connectivity index (χ1n) is 9.46. The second kappa shape index (κ2) is 8.53. The summed E-state index contributed by atoms with van der Waals surface area (Å²) < 4.78 is 11.3.